The molecule has 92 valence electrons. The fourth-order valence-electron chi connectivity index (χ4n) is 1.90. The summed E-state index contributed by atoms with van der Waals surface area (Å²) >= 11 is 0. The Labute approximate surface area is 108 Å². The van der Waals surface area contributed by atoms with E-state index in [-0.39, 0.29) is 5.91 Å². The van der Waals surface area contributed by atoms with Crippen LogP contribution in [0.4, 0.5) is 5.69 Å². The number of benzene rings is 2. The van der Waals surface area contributed by atoms with Gasteiger partial charge < -0.3 is 5.32 Å². The summed E-state index contributed by atoms with van der Waals surface area (Å²) in [5.74, 6) is -0.0539. The summed E-state index contributed by atoms with van der Waals surface area (Å²) in [5, 5.41) is 2.93. The first-order chi connectivity index (χ1) is 8.56. The minimum atomic E-state index is -0.0539. The lowest BCUT2D eigenvalue weighted by molar-refractivity contribution is 0.102. The van der Waals surface area contributed by atoms with Crippen molar-refractivity contribution in [2.24, 2.45) is 0 Å². The smallest absolute Gasteiger partial charge is 0.255 e. The predicted molar refractivity (Wildman–Crippen MR) is 75.0 cm³/mol. The van der Waals surface area contributed by atoms with Crippen LogP contribution >= 0.6 is 0 Å². The van der Waals surface area contributed by atoms with Gasteiger partial charge in [0.2, 0.25) is 0 Å². The first kappa shape index (κ1) is 12.4. The van der Waals surface area contributed by atoms with Gasteiger partial charge in [-0.3, -0.25) is 4.79 Å². The van der Waals surface area contributed by atoms with Crippen LogP contribution in [0.2, 0.25) is 0 Å². The van der Waals surface area contributed by atoms with Gasteiger partial charge in [0, 0.05) is 11.3 Å². The van der Waals surface area contributed by atoms with E-state index in [2.05, 4.69) is 5.32 Å². The number of aryl methyl sites for hydroxylation is 3. The van der Waals surface area contributed by atoms with E-state index in [1.165, 1.54) is 0 Å². The molecule has 0 unspecified atom stereocenters. The number of carbonyl (C=O) groups excluding carboxylic acids is 1. The van der Waals surface area contributed by atoms with Gasteiger partial charge in [0.1, 0.15) is 0 Å². The Morgan fingerprint density at radius 3 is 2.39 bits per heavy atom. The van der Waals surface area contributed by atoms with E-state index in [1.54, 1.807) is 0 Å². The van der Waals surface area contributed by atoms with E-state index < -0.39 is 0 Å². The maximum absolute atomic E-state index is 12.2. The minimum absolute atomic E-state index is 0.0539. The Morgan fingerprint density at radius 2 is 1.67 bits per heavy atom. The highest BCUT2D eigenvalue weighted by Crippen LogP contribution is 2.15. The van der Waals surface area contributed by atoms with Crippen molar-refractivity contribution in [3.05, 3.63) is 64.7 Å². The number of nitrogens with one attached hydrogen (secondary N) is 1. The summed E-state index contributed by atoms with van der Waals surface area (Å²) in [4.78, 5) is 12.2. The van der Waals surface area contributed by atoms with Crippen LogP contribution in [0.15, 0.2) is 42.5 Å². The molecule has 2 heteroatoms. The molecule has 0 spiro atoms. The van der Waals surface area contributed by atoms with E-state index in [1.807, 2.05) is 63.2 Å². The molecule has 0 bridgehead atoms. The number of hydrogen-bond acceptors (Lipinski definition) is 1. The van der Waals surface area contributed by atoms with Gasteiger partial charge in [-0.1, -0.05) is 29.8 Å². The van der Waals surface area contributed by atoms with Gasteiger partial charge in [0.05, 0.1) is 0 Å². The second-order valence-electron chi connectivity index (χ2n) is 4.64. The van der Waals surface area contributed by atoms with Crippen molar-refractivity contribution in [3.63, 3.8) is 0 Å². The average Bonchev–Trinajstić information content (AvgIpc) is 2.32. The number of hydrogen-bond donors (Lipinski definition) is 1. The van der Waals surface area contributed by atoms with Crippen LogP contribution in [0.1, 0.15) is 27.0 Å². The predicted octanol–water partition coefficient (Wildman–Crippen LogP) is 3.86. The molecule has 1 N–H and O–H groups in total. The Balaban J connectivity index is 2.24. The van der Waals surface area contributed by atoms with E-state index >= 15 is 0 Å². The number of carbonyl (C=O) groups is 1. The normalized spacial score (nSPS) is 10.2. The van der Waals surface area contributed by atoms with E-state index in [9.17, 15) is 4.79 Å². The van der Waals surface area contributed by atoms with E-state index in [0.29, 0.717) is 0 Å². The number of amides is 1. The highest BCUT2D eigenvalue weighted by atomic mass is 16.1. The zero-order chi connectivity index (χ0) is 13.1. The average molecular weight is 239 g/mol. The molecule has 0 aromatic heterocycles. The monoisotopic (exact) mass is 239 g/mol. The molecular formula is C16H17NO. The van der Waals surface area contributed by atoms with Crippen molar-refractivity contribution in [2.45, 2.75) is 20.8 Å². The highest BCUT2D eigenvalue weighted by Gasteiger charge is 2.09. The van der Waals surface area contributed by atoms with Gasteiger partial charge in [-0.05, 0) is 50.1 Å². The SMILES string of the molecule is Cc1cccc(NC(=O)c2cc(C)ccc2C)c1. The van der Waals surface area contributed by atoms with Crippen LogP contribution < -0.4 is 5.32 Å². The fourth-order valence-corrected chi connectivity index (χ4v) is 1.90. The molecular weight excluding hydrogens is 222 g/mol. The van der Waals surface area contributed by atoms with Crippen LogP contribution in [0, 0.1) is 20.8 Å². The summed E-state index contributed by atoms with van der Waals surface area (Å²) in [6.07, 6.45) is 0. The maximum atomic E-state index is 12.2. The molecule has 0 fully saturated rings. The Hall–Kier alpha value is -2.09. The highest BCUT2D eigenvalue weighted by molar-refractivity contribution is 6.05. The first-order valence-corrected chi connectivity index (χ1v) is 6.01. The van der Waals surface area contributed by atoms with Crippen molar-refractivity contribution >= 4 is 11.6 Å². The molecule has 0 atom stereocenters. The molecule has 1 amide bonds. The summed E-state index contributed by atoms with van der Waals surface area (Å²) in [5.41, 5.74) is 4.78. The first-order valence-electron chi connectivity index (χ1n) is 6.01. The standard InChI is InChI=1S/C16H17NO/c1-11-5-4-6-14(9-11)17-16(18)15-10-12(2)7-8-13(15)3/h4-10H,1-3H3,(H,17,18). The molecule has 2 aromatic carbocycles. The summed E-state index contributed by atoms with van der Waals surface area (Å²) in [6.45, 7) is 5.95. The van der Waals surface area contributed by atoms with Crippen LogP contribution in [-0.4, -0.2) is 5.91 Å². The number of rotatable bonds is 2. The van der Waals surface area contributed by atoms with Gasteiger partial charge in [-0.15, -0.1) is 0 Å². The summed E-state index contributed by atoms with van der Waals surface area (Å²) in [6, 6.07) is 13.7. The molecule has 0 aliphatic rings. The zero-order valence-corrected chi connectivity index (χ0v) is 10.9. The van der Waals surface area contributed by atoms with Crippen molar-refractivity contribution < 1.29 is 4.79 Å². The Morgan fingerprint density at radius 1 is 0.944 bits per heavy atom. The molecule has 0 aliphatic carbocycles. The second-order valence-corrected chi connectivity index (χ2v) is 4.64. The molecule has 2 aromatic rings. The second kappa shape index (κ2) is 5.05. The topological polar surface area (TPSA) is 29.1 Å². The van der Waals surface area contributed by atoms with Gasteiger partial charge in [-0.2, -0.15) is 0 Å². The molecule has 2 rings (SSSR count). The lowest BCUT2D eigenvalue weighted by Crippen LogP contribution is -2.13. The molecule has 0 aliphatic heterocycles. The lowest BCUT2D eigenvalue weighted by atomic mass is 10.0. The van der Waals surface area contributed by atoms with Crippen LogP contribution in [0.25, 0.3) is 0 Å². The number of anilines is 1. The zero-order valence-electron chi connectivity index (χ0n) is 10.9. The van der Waals surface area contributed by atoms with Gasteiger partial charge in [0.15, 0.2) is 0 Å². The molecule has 2 nitrogen and oxygen atoms in total. The lowest BCUT2D eigenvalue weighted by Gasteiger charge is -2.09. The van der Waals surface area contributed by atoms with Gasteiger partial charge >= 0.3 is 0 Å². The molecule has 0 heterocycles. The van der Waals surface area contributed by atoms with Crippen LogP contribution in [-0.2, 0) is 0 Å². The van der Waals surface area contributed by atoms with Gasteiger partial charge in [0.25, 0.3) is 5.91 Å². The van der Waals surface area contributed by atoms with Crippen LogP contribution in [0.3, 0.4) is 0 Å². The Bertz CT molecular complexity index is 587. The minimum Gasteiger partial charge on any atom is -0.322 e. The van der Waals surface area contributed by atoms with Crippen molar-refractivity contribution in [2.75, 3.05) is 5.32 Å². The summed E-state index contributed by atoms with van der Waals surface area (Å²) in [7, 11) is 0. The third-order valence-corrected chi connectivity index (χ3v) is 2.91. The van der Waals surface area contributed by atoms with Gasteiger partial charge in [-0.25, -0.2) is 0 Å². The third kappa shape index (κ3) is 2.77. The van der Waals surface area contributed by atoms with E-state index in [4.69, 9.17) is 0 Å². The molecule has 0 radical (unpaired) electrons. The fraction of sp³-hybridized carbons (Fsp3) is 0.188. The van der Waals surface area contributed by atoms with E-state index in [0.717, 1.165) is 27.9 Å². The van der Waals surface area contributed by atoms with Crippen molar-refractivity contribution in [1.82, 2.24) is 0 Å². The quantitative estimate of drug-likeness (QED) is 0.847. The maximum Gasteiger partial charge on any atom is 0.255 e. The van der Waals surface area contributed by atoms with Crippen molar-refractivity contribution in [3.8, 4) is 0 Å². The molecule has 0 saturated carbocycles. The van der Waals surface area contributed by atoms with Crippen molar-refractivity contribution in [1.29, 1.82) is 0 Å². The van der Waals surface area contributed by atoms with Crippen LogP contribution in [0.5, 0.6) is 0 Å². The Kier molecular flexibility index (Phi) is 3.47. The third-order valence-electron chi connectivity index (χ3n) is 2.91. The largest absolute Gasteiger partial charge is 0.322 e. The molecule has 18 heavy (non-hydrogen) atoms. The molecule has 0 saturated heterocycles. The summed E-state index contributed by atoms with van der Waals surface area (Å²) < 4.78 is 0.